The third-order valence-electron chi connectivity index (χ3n) is 3.28. The largest absolute Gasteiger partial charge is 0.394 e. The number of methoxy groups -OCH3 is 1. The Morgan fingerprint density at radius 2 is 1.57 bits per heavy atom. The Morgan fingerprint density at radius 1 is 1.05 bits per heavy atom. The monoisotopic (exact) mass is 285 g/mol. The van der Waals surface area contributed by atoms with E-state index in [1.165, 1.54) is 7.11 Å². The lowest BCUT2D eigenvalue weighted by Crippen LogP contribution is -2.35. The summed E-state index contributed by atoms with van der Waals surface area (Å²) in [6.07, 6.45) is -0.691. The molecule has 2 N–H and O–H groups in total. The molecule has 0 aliphatic rings. The van der Waals surface area contributed by atoms with E-state index in [0.29, 0.717) is 0 Å². The van der Waals surface area contributed by atoms with E-state index in [4.69, 9.17) is 4.74 Å². The molecule has 2 aromatic carbocycles. The maximum absolute atomic E-state index is 12.4. The molecule has 0 aliphatic heterocycles. The first kappa shape index (κ1) is 15.2. The molecule has 0 fully saturated rings. The van der Waals surface area contributed by atoms with Crippen molar-refractivity contribution in [2.45, 2.75) is 12.1 Å². The highest BCUT2D eigenvalue weighted by Crippen LogP contribution is 2.19. The fourth-order valence-corrected chi connectivity index (χ4v) is 2.19. The second-order valence-electron chi connectivity index (χ2n) is 4.68. The number of aliphatic hydroxyl groups is 1. The second-order valence-corrected chi connectivity index (χ2v) is 4.68. The summed E-state index contributed by atoms with van der Waals surface area (Å²) < 4.78 is 5.29. The average molecular weight is 285 g/mol. The second kappa shape index (κ2) is 7.57. The molecule has 0 heterocycles. The maximum atomic E-state index is 12.4. The zero-order valence-electron chi connectivity index (χ0n) is 11.9. The molecule has 110 valence electrons. The van der Waals surface area contributed by atoms with Crippen molar-refractivity contribution in [3.05, 3.63) is 71.8 Å². The number of amides is 1. The van der Waals surface area contributed by atoms with E-state index in [1.54, 1.807) is 0 Å². The van der Waals surface area contributed by atoms with E-state index in [-0.39, 0.29) is 12.5 Å². The van der Waals surface area contributed by atoms with E-state index >= 15 is 0 Å². The molecule has 4 heteroatoms. The minimum absolute atomic E-state index is 0.166. The number of hydrogen-bond donors (Lipinski definition) is 2. The SMILES string of the molecule is COC(C(=O)N[C@@H](CO)c1ccccc1)c1ccccc1. The number of carbonyl (C=O) groups is 1. The molecule has 0 spiro atoms. The molecule has 0 saturated heterocycles. The Morgan fingerprint density at radius 3 is 2.05 bits per heavy atom. The van der Waals surface area contributed by atoms with Crippen molar-refractivity contribution < 1.29 is 14.6 Å². The van der Waals surface area contributed by atoms with Gasteiger partial charge >= 0.3 is 0 Å². The third-order valence-corrected chi connectivity index (χ3v) is 3.28. The van der Waals surface area contributed by atoms with E-state index in [1.807, 2.05) is 60.7 Å². The molecule has 0 radical (unpaired) electrons. The summed E-state index contributed by atoms with van der Waals surface area (Å²) in [5, 5.41) is 12.3. The molecule has 0 bridgehead atoms. The minimum atomic E-state index is -0.691. The molecular weight excluding hydrogens is 266 g/mol. The van der Waals surface area contributed by atoms with Gasteiger partial charge in [-0.1, -0.05) is 60.7 Å². The first-order chi connectivity index (χ1) is 10.3. The Hall–Kier alpha value is -2.17. The molecular formula is C17H19NO3. The van der Waals surface area contributed by atoms with Gasteiger partial charge in [0.15, 0.2) is 6.10 Å². The van der Waals surface area contributed by atoms with Crippen LogP contribution in [0.1, 0.15) is 23.3 Å². The van der Waals surface area contributed by atoms with Crippen LogP contribution in [0.3, 0.4) is 0 Å². The van der Waals surface area contributed by atoms with Crippen molar-refractivity contribution in [2.24, 2.45) is 0 Å². The van der Waals surface area contributed by atoms with Crippen LogP contribution in [0.5, 0.6) is 0 Å². The summed E-state index contributed by atoms with van der Waals surface area (Å²) >= 11 is 0. The van der Waals surface area contributed by atoms with E-state index in [9.17, 15) is 9.90 Å². The predicted molar refractivity (Wildman–Crippen MR) is 80.6 cm³/mol. The van der Waals surface area contributed by atoms with Crippen LogP contribution < -0.4 is 5.32 Å². The van der Waals surface area contributed by atoms with Crippen molar-refractivity contribution in [3.8, 4) is 0 Å². The molecule has 0 aliphatic carbocycles. The summed E-state index contributed by atoms with van der Waals surface area (Å²) in [7, 11) is 1.49. The van der Waals surface area contributed by atoms with Crippen LogP contribution >= 0.6 is 0 Å². The topological polar surface area (TPSA) is 58.6 Å². The number of nitrogens with one attached hydrogen (secondary N) is 1. The summed E-state index contributed by atoms with van der Waals surface area (Å²) in [4.78, 5) is 12.4. The van der Waals surface area contributed by atoms with Crippen LogP contribution in [-0.4, -0.2) is 24.7 Å². The highest BCUT2D eigenvalue weighted by Gasteiger charge is 2.23. The Balaban J connectivity index is 2.11. The lowest BCUT2D eigenvalue weighted by molar-refractivity contribution is -0.132. The van der Waals surface area contributed by atoms with Gasteiger partial charge in [0.1, 0.15) is 0 Å². The zero-order valence-corrected chi connectivity index (χ0v) is 11.9. The van der Waals surface area contributed by atoms with Gasteiger partial charge in [0.2, 0.25) is 0 Å². The molecule has 21 heavy (non-hydrogen) atoms. The number of rotatable bonds is 6. The van der Waals surface area contributed by atoms with Gasteiger partial charge in [-0.2, -0.15) is 0 Å². The summed E-state index contributed by atoms with van der Waals surface area (Å²) in [6.45, 7) is -0.166. The van der Waals surface area contributed by atoms with Gasteiger partial charge < -0.3 is 15.2 Å². The van der Waals surface area contributed by atoms with Crippen molar-refractivity contribution >= 4 is 5.91 Å². The highest BCUT2D eigenvalue weighted by molar-refractivity contribution is 5.82. The van der Waals surface area contributed by atoms with Crippen LogP contribution in [0.25, 0.3) is 0 Å². The smallest absolute Gasteiger partial charge is 0.254 e. The molecule has 1 unspecified atom stereocenters. The first-order valence-corrected chi connectivity index (χ1v) is 6.80. The van der Waals surface area contributed by atoms with Crippen molar-refractivity contribution in [3.63, 3.8) is 0 Å². The predicted octanol–water partition coefficient (Wildman–Crippen LogP) is 2.22. The van der Waals surface area contributed by atoms with Gasteiger partial charge in [-0.25, -0.2) is 0 Å². The number of aliphatic hydroxyl groups excluding tert-OH is 1. The van der Waals surface area contributed by atoms with Crippen LogP contribution in [0, 0.1) is 0 Å². The van der Waals surface area contributed by atoms with Crippen LogP contribution in [0.4, 0.5) is 0 Å². The maximum Gasteiger partial charge on any atom is 0.254 e. The minimum Gasteiger partial charge on any atom is -0.394 e. The van der Waals surface area contributed by atoms with Gasteiger partial charge in [0.25, 0.3) is 5.91 Å². The van der Waals surface area contributed by atoms with E-state index < -0.39 is 12.1 Å². The van der Waals surface area contributed by atoms with Gasteiger partial charge in [-0.05, 0) is 11.1 Å². The summed E-state index contributed by atoms with van der Waals surface area (Å²) in [6, 6.07) is 18.2. The Kier molecular flexibility index (Phi) is 5.49. The fraction of sp³-hybridized carbons (Fsp3) is 0.235. The van der Waals surface area contributed by atoms with E-state index in [0.717, 1.165) is 11.1 Å². The van der Waals surface area contributed by atoms with E-state index in [2.05, 4.69) is 5.32 Å². The van der Waals surface area contributed by atoms with Gasteiger partial charge in [0, 0.05) is 7.11 Å². The molecule has 2 aromatic rings. The number of carbonyl (C=O) groups excluding carboxylic acids is 1. The zero-order chi connectivity index (χ0) is 15.1. The van der Waals surface area contributed by atoms with Gasteiger partial charge in [0.05, 0.1) is 12.6 Å². The van der Waals surface area contributed by atoms with Crippen molar-refractivity contribution in [1.29, 1.82) is 0 Å². The summed E-state index contributed by atoms with van der Waals surface area (Å²) in [5.74, 6) is -0.272. The van der Waals surface area contributed by atoms with Crippen LogP contribution in [0.2, 0.25) is 0 Å². The van der Waals surface area contributed by atoms with Crippen molar-refractivity contribution in [1.82, 2.24) is 5.32 Å². The third kappa shape index (κ3) is 3.90. The number of benzene rings is 2. The molecule has 2 atom stereocenters. The van der Waals surface area contributed by atoms with Crippen LogP contribution in [0.15, 0.2) is 60.7 Å². The standard InChI is InChI=1S/C17H19NO3/c1-21-16(14-10-6-3-7-11-14)17(20)18-15(12-19)13-8-4-2-5-9-13/h2-11,15-16,19H,12H2,1H3,(H,18,20)/t15-,16?/m0/s1. The molecule has 4 nitrogen and oxygen atoms in total. The Bertz CT molecular complexity index is 557. The van der Waals surface area contributed by atoms with Crippen LogP contribution in [-0.2, 0) is 9.53 Å². The van der Waals surface area contributed by atoms with Gasteiger partial charge in [-0.15, -0.1) is 0 Å². The molecule has 0 aromatic heterocycles. The fourth-order valence-electron chi connectivity index (χ4n) is 2.19. The average Bonchev–Trinajstić information content (AvgIpc) is 2.55. The van der Waals surface area contributed by atoms with Gasteiger partial charge in [-0.3, -0.25) is 4.79 Å². The highest BCUT2D eigenvalue weighted by atomic mass is 16.5. The lowest BCUT2D eigenvalue weighted by atomic mass is 10.1. The normalized spacial score (nSPS) is 13.4. The quantitative estimate of drug-likeness (QED) is 0.855. The summed E-state index contributed by atoms with van der Waals surface area (Å²) in [5.41, 5.74) is 1.64. The lowest BCUT2D eigenvalue weighted by Gasteiger charge is -2.21. The number of hydrogen-bond acceptors (Lipinski definition) is 3. The Labute approximate surface area is 124 Å². The molecule has 0 saturated carbocycles. The van der Waals surface area contributed by atoms with Crippen molar-refractivity contribution in [2.75, 3.05) is 13.7 Å². The first-order valence-electron chi connectivity index (χ1n) is 6.80. The number of ether oxygens (including phenoxy) is 1. The molecule has 2 rings (SSSR count). The molecule has 1 amide bonds.